The van der Waals surface area contributed by atoms with E-state index in [9.17, 15) is 0 Å². The number of nitrogens with zero attached hydrogens (tertiary/aromatic N) is 2. The summed E-state index contributed by atoms with van der Waals surface area (Å²) in [5, 5.41) is 24.4. The van der Waals surface area contributed by atoms with Gasteiger partial charge in [0.2, 0.25) is 0 Å². The average molecular weight is 202 g/mol. The van der Waals surface area contributed by atoms with Crippen molar-refractivity contribution in [3.05, 3.63) is 22.5 Å². The van der Waals surface area contributed by atoms with Gasteiger partial charge in [-0.3, -0.25) is 0 Å². The van der Waals surface area contributed by atoms with Gasteiger partial charge in [-0.1, -0.05) is 38.0 Å². The Morgan fingerprint density at radius 3 is 2.83 bits per heavy atom. The highest BCUT2D eigenvalue weighted by Crippen LogP contribution is 2.34. The molecule has 12 heavy (non-hydrogen) atoms. The Morgan fingerprint density at radius 2 is 2.33 bits per heavy atom. The number of hydrogen-bond donors (Lipinski definition) is 2. The van der Waals surface area contributed by atoms with Gasteiger partial charge in [0.05, 0.1) is 6.21 Å². The van der Waals surface area contributed by atoms with Crippen LogP contribution < -0.4 is 0 Å². The monoisotopic (exact) mass is 202 g/mol. The molecule has 6 heteroatoms. The van der Waals surface area contributed by atoms with Crippen molar-refractivity contribution in [2.75, 3.05) is 0 Å². The molecule has 4 nitrogen and oxygen atoms in total. The maximum Gasteiger partial charge on any atom is 0.138 e. The summed E-state index contributed by atoms with van der Waals surface area (Å²) in [5.41, 5.74) is 0.249. The predicted molar refractivity (Wildman–Crippen MR) is 51.9 cm³/mol. The van der Waals surface area contributed by atoms with Crippen LogP contribution in [0.15, 0.2) is 32.8 Å². The maximum atomic E-state index is 8.51. The maximum absolute atomic E-state index is 8.51. The minimum atomic E-state index is 0.249. The summed E-state index contributed by atoms with van der Waals surface area (Å²) in [4.78, 5) is 0.753. The minimum absolute atomic E-state index is 0.249. The largest absolute Gasteiger partial charge is 0.411 e. The summed E-state index contributed by atoms with van der Waals surface area (Å²) in [5.74, 6) is 0. The van der Waals surface area contributed by atoms with Crippen molar-refractivity contribution in [2.24, 2.45) is 10.3 Å². The molecule has 0 atom stereocenters. The zero-order valence-electron chi connectivity index (χ0n) is 5.91. The van der Waals surface area contributed by atoms with Gasteiger partial charge >= 0.3 is 0 Å². The fourth-order valence-corrected chi connectivity index (χ4v) is 2.30. The first kappa shape index (κ1) is 9.21. The Morgan fingerprint density at radius 1 is 1.50 bits per heavy atom. The molecule has 0 radical (unpaired) electrons. The van der Waals surface area contributed by atoms with Crippen molar-refractivity contribution in [3.63, 3.8) is 0 Å². The van der Waals surface area contributed by atoms with Gasteiger partial charge in [0.15, 0.2) is 0 Å². The highest BCUT2D eigenvalue weighted by molar-refractivity contribution is 8.79. The lowest BCUT2D eigenvalue weighted by Gasteiger charge is -2.04. The molecule has 0 aliphatic carbocycles. The molecule has 0 aromatic heterocycles. The van der Waals surface area contributed by atoms with E-state index in [2.05, 4.69) is 10.3 Å². The topological polar surface area (TPSA) is 65.2 Å². The smallest absolute Gasteiger partial charge is 0.138 e. The first-order chi connectivity index (χ1) is 5.88. The molecular weight excluding hydrogens is 196 g/mol. The zero-order valence-corrected chi connectivity index (χ0v) is 7.55. The van der Waals surface area contributed by atoms with Gasteiger partial charge in [-0.2, -0.15) is 0 Å². The summed E-state index contributed by atoms with van der Waals surface area (Å²) < 4.78 is 0. The molecule has 0 bridgehead atoms. The van der Waals surface area contributed by atoms with Crippen LogP contribution in [0.5, 0.6) is 0 Å². The van der Waals surface area contributed by atoms with Crippen molar-refractivity contribution < 1.29 is 10.4 Å². The lowest BCUT2D eigenvalue weighted by atomic mass is 10.3. The molecule has 1 aliphatic heterocycles. The van der Waals surface area contributed by atoms with Gasteiger partial charge < -0.3 is 10.4 Å². The number of oxime groups is 2. The molecule has 64 valence electrons. The van der Waals surface area contributed by atoms with Crippen LogP contribution in [0.4, 0.5) is 0 Å². The molecule has 0 spiro atoms. The molecule has 1 heterocycles. The summed E-state index contributed by atoms with van der Waals surface area (Å²) in [6.07, 6.45) is 4.68. The lowest BCUT2D eigenvalue weighted by molar-refractivity contribution is 0.316. The first-order valence-corrected chi connectivity index (χ1v) is 5.20. The normalized spacial score (nSPS) is 18.3. The van der Waals surface area contributed by atoms with Crippen molar-refractivity contribution in [1.82, 2.24) is 0 Å². The van der Waals surface area contributed by atoms with E-state index in [0.29, 0.717) is 0 Å². The molecule has 0 saturated heterocycles. The molecule has 2 N–H and O–H groups in total. The van der Waals surface area contributed by atoms with E-state index in [1.807, 2.05) is 11.5 Å². The van der Waals surface area contributed by atoms with Crippen LogP contribution in [0.25, 0.3) is 0 Å². The first-order valence-electron chi connectivity index (χ1n) is 2.98. The van der Waals surface area contributed by atoms with E-state index in [0.717, 1.165) is 11.1 Å². The zero-order chi connectivity index (χ0) is 8.81. The highest BCUT2D eigenvalue weighted by Gasteiger charge is 2.07. The fourth-order valence-electron chi connectivity index (χ4n) is 0.588. The molecule has 0 saturated carbocycles. The number of rotatable bonds is 2. The Hall–Kier alpha value is -0.880. The van der Waals surface area contributed by atoms with E-state index < -0.39 is 0 Å². The summed E-state index contributed by atoms with van der Waals surface area (Å²) in [7, 11) is 2.94. The van der Waals surface area contributed by atoms with Crippen LogP contribution in [0.1, 0.15) is 0 Å². The minimum Gasteiger partial charge on any atom is -0.411 e. The SMILES string of the molecule is ON=CC(=NO)C1=CC=CSS1. The van der Waals surface area contributed by atoms with Crippen LogP contribution in [0, 0.1) is 0 Å². The lowest BCUT2D eigenvalue weighted by Crippen LogP contribution is -2.01. The molecule has 1 rings (SSSR count). The summed E-state index contributed by atoms with van der Waals surface area (Å²) in [6.45, 7) is 0. The van der Waals surface area contributed by atoms with E-state index in [4.69, 9.17) is 10.4 Å². The van der Waals surface area contributed by atoms with Crippen LogP contribution in [0.2, 0.25) is 0 Å². The van der Waals surface area contributed by atoms with E-state index >= 15 is 0 Å². The van der Waals surface area contributed by atoms with Gasteiger partial charge in [-0.05, 0) is 11.5 Å². The van der Waals surface area contributed by atoms with Crippen molar-refractivity contribution in [3.8, 4) is 0 Å². The molecule has 0 aromatic rings. The van der Waals surface area contributed by atoms with Crippen LogP contribution in [0.3, 0.4) is 0 Å². The average Bonchev–Trinajstić information content (AvgIpc) is 2.15. The third-order valence-corrected chi connectivity index (χ3v) is 3.11. The Kier molecular flexibility index (Phi) is 3.75. The second-order valence-electron chi connectivity index (χ2n) is 1.77. The summed E-state index contributed by atoms with van der Waals surface area (Å²) in [6, 6.07) is 0. The van der Waals surface area contributed by atoms with Crippen LogP contribution in [-0.2, 0) is 0 Å². The van der Waals surface area contributed by atoms with Crippen LogP contribution in [-0.4, -0.2) is 22.3 Å². The Labute approximate surface area is 77.1 Å². The second-order valence-corrected chi connectivity index (χ2v) is 3.92. The van der Waals surface area contributed by atoms with E-state index in [1.165, 1.54) is 21.6 Å². The predicted octanol–water partition coefficient (Wildman–Crippen LogP) is 2.07. The second kappa shape index (κ2) is 4.89. The fraction of sp³-hybridized carbons (Fsp3) is 0. The summed E-state index contributed by atoms with van der Waals surface area (Å²) >= 11 is 0. The van der Waals surface area contributed by atoms with Gasteiger partial charge in [0.1, 0.15) is 5.71 Å². The molecular formula is C6H6N2O2S2. The van der Waals surface area contributed by atoms with Crippen molar-refractivity contribution in [1.29, 1.82) is 0 Å². The Balaban J connectivity index is 2.79. The van der Waals surface area contributed by atoms with Gasteiger partial charge in [-0.25, -0.2) is 0 Å². The quantitative estimate of drug-likeness (QED) is 0.311. The molecule has 0 aromatic carbocycles. The highest BCUT2D eigenvalue weighted by atomic mass is 33.1. The third-order valence-electron chi connectivity index (χ3n) is 1.06. The van der Waals surface area contributed by atoms with Crippen molar-refractivity contribution >= 4 is 33.5 Å². The number of hydrogen-bond acceptors (Lipinski definition) is 6. The van der Waals surface area contributed by atoms with Gasteiger partial charge in [0, 0.05) is 4.91 Å². The Bertz CT molecular complexity index is 271. The van der Waals surface area contributed by atoms with Gasteiger partial charge in [-0.15, -0.1) is 0 Å². The van der Waals surface area contributed by atoms with Crippen molar-refractivity contribution in [2.45, 2.75) is 0 Å². The molecule has 0 fully saturated rings. The number of allylic oxidation sites excluding steroid dienone is 3. The third kappa shape index (κ3) is 2.31. The molecule has 0 amide bonds. The van der Waals surface area contributed by atoms with E-state index in [-0.39, 0.29) is 5.71 Å². The van der Waals surface area contributed by atoms with E-state index in [1.54, 1.807) is 6.08 Å². The standard InChI is InChI=1S/C6H6N2O2S2/c9-7-4-5(8-10)6-2-1-3-11-12-6/h1-4,9-10H. The molecule has 1 aliphatic rings. The van der Waals surface area contributed by atoms with Crippen LogP contribution >= 0.6 is 21.6 Å². The van der Waals surface area contributed by atoms with Gasteiger partial charge in [0.25, 0.3) is 0 Å². The molecule has 0 unspecified atom stereocenters.